The minimum absolute atomic E-state index is 0.239. The van der Waals surface area contributed by atoms with Crippen LogP contribution in [0.3, 0.4) is 0 Å². The topological polar surface area (TPSA) is 8.81 Å². The van der Waals surface area contributed by atoms with Gasteiger partial charge in [0, 0.05) is 0 Å². The van der Waals surface area contributed by atoms with E-state index in [9.17, 15) is 0 Å². The van der Waals surface area contributed by atoms with Crippen molar-refractivity contribution in [1.29, 1.82) is 0 Å². The molecule has 0 saturated heterocycles. The summed E-state index contributed by atoms with van der Waals surface area (Å²) >= 11 is 0. The van der Waals surface area contributed by atoms with Gasteiger partial charge in [-0.3, -0.25) is 0 Å². The van der Waals surface area contributed by atoms with Gasteiger partial charge in [-0.05, 0) is 95.9 Å². The molecule has 5 rings (SSSR count). The molecule has 0 spiro atoms. The van der Waals surface area contributed by atoms with Crippen LogP contribution in [-0.4, -0.2) is 4.57 Å². The van der Waals surface area contributed by atoms with E-state index in [1.54, 1.807) is 11.1 Å². The average Bonchev–Trinajstić information content (AvgIpc) is 3.00. The molecule has 0 amide bonds. The van der Waals surface area contributed by atoms with Gasteiger partial charge in [0.25, 0.3) is 0 Å². The standard InChI is InChI=1S/C26H33N2/c1-25(2)12-13-26(3,4)22-16-24-23(15-21(22)25)27(5)17-28(24)20-11-10-18-8-6-7-9-19(18)14-20/h10-11,14-17H,6-9,12-13H2,1-5H3/q+1. The van der Waals surface area contributed by atoms with Crippen molar-refractivity contribution < 1.29 is 4.57 Å². The summed E-state index contributed by atoms with van der Waals surface area (Å²) in [6.07, 6.45) is 9.91. The van der Waals surface area contributed by atoms with Crippen LogP contribution in [0.5, 0.6) is 0 Å². The highest BCUT2D eigenvalue weighted by Gasteiger charge is 2.38. The van der Waals surface area contributed by atoms with Crippen molar-refractivity contribution in [1.82, 2.24) is 4.57 Å². The Morgan fingerprint density at radius 1 is 0.821 bits per heavy atom. The minimum atomic E-state index is 0.239. The normalized spacial score (nSPS) is 20.0. The Kier molecular flexibility index (Phi) is 3.82. The zero-order valence-electron chi connectivity index (χ0n) is 18.1. The lowest BCUT2D eigenvalue weighted by Crippen LogP contribution is -2.34. The zero-order valence-corrected chi connectivity index (χ0v) is 18.1. The average molecular weight is 374 g/mol. The molecule has 0 fully saturated rings. The maximum Gasteiger partial charge on any atom is 0.249 e. The summed E-state index contributed by atoms with van der Waals surface area (Å²) in [6, 6.07) is 12.1. The molecular weight excluding hydrogens is 340 g/mol. The van der Waals surface area contributed by atoms with Gasteiger partial charge < -0.3 is 0 Å². The monoisotopic (exact) mass is 373 g/mol. The van der Waals surface area contributed by atoms with Gasteiger partial charge in [-0.15, -0.1) is 0 Å². The van der Waals surface area contributed by atoms with Crippen LogP contribution >= 0.6 is 0 Å². The number of hydrogen-bond donors (Lipinski definition) is 0. The van der Waals surface area contributed by atoms with Crippen molar-refractivity contribution in [2.75, 3.05) is 0 Å². The molecule has 28 heavy (non-hydrogen) atoms. The molecule has 0 atom stereocenters. The van der Waals surface area contributed by atoms with Gasteiger partial charge in [-0.1, -0.05) is 33.8 Å². The van der Waals surface area contributed by atoms with Gasteiger partial charge in [0.2, 0.25) is 6.33 Å². The molecule has 2 heteroatoms. The summed E-state index contributed by atoms with van der Waals surface area (Å²) in [6.45, 7) is 9.65. The van der Waals surface area contributed by atoms with Crippen LogP contribution in [0, 0.1) is 0 Å². The van der Waals surface area contributed by atoms with Crippen LogP contribution in [0.1, 0.15) is 75.6 Å². The Labute approximate surface area is 169 Å². The third-order valence-electron chi connectivity index (χ3n) is 7.49. The van der Waals surface area contributed by atoms with Crippen molar-refractivity contribution in [3.63, 3.8) is 0 Å². The lowest BCUT2D eigenvalue weighted by Gasteiger charge is -2.41. The maximum atomic E-state index is 2.49. The summed E-state index contributed by atoms with van der Waals surface area (Å²) in [4.78, 5) is 0. The highest BCUT2D eigenvalue weighted by molar-refractivity contribution is 5.78. The summed E-state index contributed by atoms with van der Waals surface area (Å²) in [5.41, 5.74) is 10.6. The minimum Gasteiger partial charge on any atom is -0.232 e. The Hall–Kier alpha value is -2.09. The molecule has 2 nitrogen and oxygen atoms in total. The summed E-state index contributed by atoms with van der Waals surface area (Å²) in [5.74, 6) is 0. The molecule has 0 radical (unpaired) electrons. The van der Waals surface area contributed by atoms with E-state index in [0.29, 0.717) is 0 Å². The van der Waals surface area contributed by atoms with Crippen molar-refractivity contribution in [3.05, 3.63) is 58.9 Å². The molecule has 0 bridgehead atoms. The quantitative estimate of drug-likeness (QED) is 0.485. The number of aryl methyl sites for hydroxylation is 3. The molecule has 0 unspecified atom stereocenters. The smallest absolute Gasteiger partial charge is 0.232 e. The van der Waals surface area contributed by atoms with E-state index in [-0.39, 0.29) is 10.8 Å². The molecule has 0 saturated carbocycles. The molecule has 0 aliphatic heterocycles. The molecule has 2 aliphatic rings. The first kappa shape index (κ1) is 18.0. The first-order valence-corrected chi connectivity index (χ1v) is 10.9. The van der Waals surface area contributed by atoms with E-state index < -0.39 is 0 Å². The lowest BCUT2D eigenvalue weighted by molar-refractivity contribution is -0.645. The van der Waals surface area contributed by atoms with Crippen molar-refractivity contribution in [3.8, 4) is 5.69 Å². The summed E-state index contributed by atoms with van der Waals surface area (Å²) in [5, 5.41) is 0. The fraction of sp³-hybridized carbons (Fsp3) is 0.500. The van der Waals surface area contributed by atoms with E-state index in [2.05, 4.69) is 80.5 Å². The third kappa shape index (κ3) is 2.64. The van der Waals surface area contributed by atoms with E-state index in [1.807, 2.05) is 0 Å². The second kappa shape index (κ2) is 5.95. The fourth-order valence-electron chi connectivity index (χ4n) is 5.44. The van der Waals surface area contributed by atoms with Crippen molar-refractivity contribution >= 4 is 11.0 Å². The predicted molar refractivity (Wildman–Crippen MR) is 116 cm³/mol. The van der Waals surface area contributed by atoms with Gasteiger partial charge in [0.15, 0.2) is 11.0 Å². The number of nitrogens with zero attached hydrogens (tertiary/aromatic N) is 2. The summed E-state index contributed by atoms with van der Waals surface area (Å²) in [7, 11) is 2.19. The Balaban J connectivity index is 1.74. The molecule has 1 aromatic heterocycles. The molecule has 3 aromatic rings. The number of hydrogen-bond acceptors (Lipinski definition) is 0. The number of imidazole rings is 1. The van der Waals surface area contributed by atoms with Crippen LogP contribution in [0.25, 0.3) is 16.7 Å². The molecule has 1 heterocycles. The highest BCUT2D eigenvalue weighted by atomic mass is 15.1. The molecule has 2 aromatic carbocycles. The van der Waals surface area contributed by atoms with Crippen LogP contribution in [-0.2, 0) is 30.7 Å². The molecule has 2 aliphatic carbocycles. The Bertz CT molecular complexity index is 1080. The number of rotatable bonds is 1. The van der Waals surface area contributed by atoms with E-state index in [4.69, 9.17) is 0 Å². The molecule has 0 N–H and O–H groups in total. The van der Waals surface area contributed by atoms with Gasteiger partial charge in [-0.2, -0.15) is 4.57 Å². The first-order chi connectivity index (χ1) is 13.3. The second-order valence-electron chi connectivity index (χ2n) is 10.4. The molecule has 146 valence electrons. The number of aromatic nitrogens is 2. The first-order valence-electron chi connectivity index (χ1n) is 10.9. The third-order valence-corrected chi connectivity index (χ3v) is 7.49. The van der Waals surface area contributed by atoms with Crippen LogP contribution in [0.15, 0.2) is 36.7 Å². The molecular formula is C26H33N2+. The highest BCUT2D eigenvalue weighted by Crippen LogP contribution is 2.46. The largest absolute Gasteiger partial charge is 0.249 e. The van der Waals surface area contributed by atoms with E-state index in [1.165, 1.54) is 66.4 Å². The number of fused-ring (bicyclic) bond motifs is 3. The summed E-state index contributed by atoms with van der Waals surface area (Å²) < 4.78 is 4.70. The van der Waals surface area contributed by atoms with Crippen LogP contribution in [0.4, 0.5) is 0 Å². The predicted octanol–water partition coefficient (Wildman–Crippen LogP) is 5.68. The fourth-order valence-corrected chi connectivity index (χ4v) is 5.44. The van der Waals surface area contributed by atoms with Gasteiger partial charge >= 0.3 is 0 Å². The van der Waals surface area contributed by atoms with Crippen molar-refractivity contribution in [2.24, 2.45) is 7.05 Å². The van der Waals surface area contributed by atoms with E-state index >= 15 is 0 Å². The van der Waals surface area contributed by atoms with Gasteiger partial charge in [0.05, 0.1) is 7.05 Å². The van der Waals surface area contributed by atoms with Gasteiger partial charge in [-0.25, -0.2) is 4.57 Å². The maximum absolute atomic E-state index is 2.49. The van der Waals surface area contributed by atoms with Crippen LogP contribution in [0.2, 0.25) is 0 Å². The SMILES string of the molecule is C[n+]1cn(-c2ccc3c(c2)CCCC3)c2cc3c(cc21)C(C)(C)CCC3(C)C. The van der Waals surface area contributed by atoms with Gasteiger partial charge in [0.1, 0.15) is 5.69 Å². The second-order valence-corrected chi connectivity index (χ2v) is 10.4. The lowest BCUT2D eigenvalue weighted by atomic mass is 9.63. The van der Waals surface area contributed by atoms with Crippen LogP contribution < -0.4 is 4.57 Å². The number of benzene rings is 2. The Morgan fingerprint density at radius 2 is 1.46 bits per heavy atom. The van der Waals surface area contributed by atoms with E-state index in [0.717, 1.165) is 0 Å². The van der Waals surface area contributed by atoms with Crippen molar-refractivity contribution in [2.45, 2.75) is 77.0 Å². The Morgan fingerprint density at radius 3 is 2.18 bits per heavy atom. The zero-order chi connectivity index (χ0) is 19.7.